The zero-order valence-corrected chi connectivity index (χ0v) is 19.4. The largest absolute Gasteiger partial charge is 0.493 e. The van der Waals surface area contributed by atoms with Gasteiger partial charge in [0, 0.05) is 30.5 Å². The molecule has 0 radical (unpaired) electrons. The Bertz CT molecular complexity index is 957. The molecular formula is C21H29N3O5S2. The summed E-state index contributed by atoms with van der Waals surface area (Å²) in [4.78, 5) is 16.0. The zero-order valence-electron chi connectivity index (χ0n) is 17.8. The minimum atomic E-state index is -3.77. The van der Waals surface area contributed by atoms with E-state index in [9.17, 15) is 13.2 Å². The number of rotatable bonds is 11. The van der Waals surface area contributed by atoms with Crippen LogP contribution in [0.4, 0.5) is 0 Å². The fourth-order valence-corrected chi connectivity index (χ4v) is 5.52. The number of nitrogens with one attached hydrogen (secondary N) is 2. The van der Waals surface area contributed by atoms with Crippen LogP contribution >= 0.6 is 11.3 Å². The molecule has 2 aromatic rings. The molecule has 10 heteroatoms. The van der Waals surface area contributed by atoms with Gasteiger partial charge in [0.15, 0.2) is 11.5 Å². The maximum Gasteiger partial charge on any atom is 0.240 e. The lowest BCUT2D eigenvalue weighted by Gasteiger charge is -2.26. The van der Waals surface area contributed by atoms with Gasteiger partial charge in [0.25, 0.3) is 0 Å². The van der Waals surface area contributed by atoms with Crippen LogP contribution in [0.2, 0.25) is 0 Å². The van der Waals surface area contributed by atoms with Crippen LogP contribution in [-0.4, -0.2) is 59.6 Å². The third kappa shape index (κ3) is 6.19. The van der Waals surface area contributed by atoms with Crippen molar-refractivity contribution in [3.63, 3.8) is 0 Å². The smallest absolute Gasteiger partial charge is 0.240 e. The van der Waals surface area contributed by atoms with Gasteiger partial charge in [-0.1, -0.05) is 6.07 Å². The first kappa shape index (κ1) is 23.5. The van der Waals surface area contributed by atoms with E-state index in [1.54, 1.807) is 11.3 Å². The Balaban J connectivity index is 1.51. The average molecular weight is 468 g/mol. The molecule has 1 atom stereocenters. The molecule has 1 fully saturated rings. The number of ether oxygens (including phenoxy) is 2. The van der Waals surface area contributed by atoms with E-state index in [0.29, 0.717) is 18.0 Å². The van der Waals surface area contributed by atoms with Crippen molar-refractivity contribution in [1.29, 1.82) is 0 Å². The Morgan fingerprint density at radius 2 is 1.90 bits per heavy atom. The molecule has 1 saturated heterocycles. The van der Waals surface area contributed by atoms with Crippen molar-refractivity contribution in [2.75, 3.05) is 40.4 Å². The molecule has 1 aliphatic heterocycles. The molecule has 1 aliphatic rings. The molecule has 1 amide bonds. The predicted molar refractivity (Wildman–Crippen MR) is 120 cm³/mol. The van der Waals surface area contributed by atoms with Crippen LogP contribution in [-0.2, 0) is 14.8 Å². The van der Waals surface area contributed by atoms with Crippen LogP contribution < -0.4 is 19.5 Å². The SMILES string of the molecule is COc1ccc(S(=O)(=O)NCCC(=O)NCC(c2cccs2)N2CCCC2)cc1OC. The Kier molecular flexibility index (Phi) is 8.30. The lowest BCUT2D eigenvalue weighted by molar-refractivity contribution is -0.121. The minimum absolute atomic E-state index is 0.00982. The van der Waals surface area contributed by atoms with E-state index >= 15 is 0 Å². The Morgan fingerprint density at radius 1 is 1.16 bits per heavy atom. The highest BCUT2D eigenvalue weighted by molar-refractivity contribution is 7.89. The number of amides is 1. The van der Waals surface area contributed by atoms with E-state index in [2.05, 4.69) is 21.0 Å². The highest BCUT2D eigenvalue weighted by Crippen LogP contribution is 2.29. The van der Waals surface area contributed by atoms with E-state index in [-0.39, 0.29) is 29.8 Å². The van der Waals surface area contributed by atoms with Gasteiger partial charge in [-0.15, -0.1) is 11.3 Å². The van der Waals surface area contributed by atoms with E-state index in [4.69, 9.17) is 9.47 Å². The summed E-state index contributed by atoms with van der Waals surface area (Å²) in [6.07, 6.45) is 2.41. The molecule has 0 aliphatic carbocycles. The lowest BCUT2D eigenvalue weighted by atomic mass is 10.2. The van der Waals surface area contributed by atoms with Gasteiger partial charge >= 0.3 is 0 Å². The van der Waals surface area contributed by atoms with Crippen molar-refractivity contribution in [1.82, 2.24) is 14.9 Å². The van der Waals surface area contributed by atoms with E-state index in [0.717, 1.165) is 13.1 Å². The number of benzene rings is 1. The van der Waals surface area contributed by atoms with Crippen molar-refractivity contribution in [3.05, 3.63) is 40.6 Å². The summed E-state index contributed by atoms with van der Waals surface area (Å²) in [6, 6.07) is 8.64. The van der Waals surface area contributed by atoms with Crippen molar-refractivity contribution in [2.24, 2.45) is 0 Å². The van der Waals surface area contributed by atoms with Gasteiger partial charge in [0.1, 0.15) is 0 Å². The number of methoxy groups -OCH3 is 2. The van der Waals surface area contributed by atoms with E-state index < -0.39 is 10.0 Å². The number of sulfonamides is 1. The molecular weight excluding hydrogens is 438 g/mol. The monoisotopic (exact) mass is 467 g/mol. The van der Waals surface area contributed by atoms with Crippen LogP contribution in [0.5, 0.6) is 11.5 Å². The Labute approximate surface area is 187 Å². The van der Waals surface area contributed by atoms with Crippen molar-refractivity contribution in [2.45, 2.75) is 30.2 Å². The molecule has 8 nitrogen and oxygen atoms in total. The second kappa shape index (κ2) is 10.9. The first-order valence-electron chi connectivity index (χ1n) is 10.2. The number of carbonyl (C=O) groups is 1. The molecule has 0 spiro atoms. The summed E-state index contributed by atoms with van der Waals surface area (Å²) in [5.41, 5.74) is 0. The second-order valence-electron chi connectivity index (χ2n) is 7.24. The van der Waals surface area contributed by atoms with Gasteiger partial charge in [-0.25, -0.2) is 13.1 Å². The maximum absolute atomic E-state index is 12.5. The third-order valence-electron chi connectivity index (χ3n) is 5.26. The van der Waals surface area contributed by atoms with Crippen LogP contribution in [0.3, 0.4) is 0 Å². The highest BCUT2D eigenvalue weighted by Gasteiger charge is 2.24. The topological polar surface area (TPSA) is 97.0 Å². The molecule has 1 unspecified atom stereocenters. The quantitative estimate of drug-likeness (QED) is 0.527. The van der Waals surface area contributed by atoms with Crippen LogP contribution in [0.25, 0.3) is 0 Å². The fourth-order valence-electron chi connectivity index (χ4n) is 3.61. The van der Waals surface area contributed by atoms with Gasteiger partial charge in [-0.2, -0.15) is 0 Å². The van der Waals surface area contributed by atoms with Crippen LogP contribution in [0, 0.1) is 0 Å². The zero-order chi connectivity index (χ0) is 22.3. The molecule has 3 rings (SSSR count). The second-order valence-corrected chi connectivity index (χ2v) is 9.99. The number of hydrogen-bond donors (Lipinski definition) is 2. The molecule has 170 valence electrons. The molecule has 2 heterocycles. The molecule has 1 aromatic carbocycles. The highest BCUT2D eigenvalue weighted by atomic mass is 32.2. The van der Waals surface area contributed by atoms with Crippen LogP contribution in [0.1, 0.15) is 30.2 Å². The average Bonchev–Trinajstić information content (AvgIpc) is 3.48. The normalized spacial score (nSPS) is 15.5. The Hall–Kier alpha value is -2.14. The summed E-state index contributed by atoms with van der Waals surface area (Å²) in [6.45, 7) is 2.59. The summed E-state index contributed by atoms with van der Waals surface area (Å²) < 4.78 is 37.8. The molecule has 0 saturated carbocycles. The van der Waals surface area contributed by atoms with Crippen molar-refractivity contribution in [3.8, 4) is 11.5 Å². The summed E-state index contributed by atoms with van der Waals surface area (Å²) in [7, 11) is -0.842. The number of likely N-dealkylation sites (tertiary alicyclic amines) is 1. The lowest BCUT2D eigenvalue weighted by Crippen LogP contribution is -2.37. The number of carbonyl (C=O) groups excluding carboxylic acids is 1. The third-order valence-corrected chi connectivity index (χ3v) is 7.69. The molecule has 2 N–H and O–H groups in total. The van der Waals surface area contributed by atoms with E-state index in [1.165, 1.54) is 50.1 Å². The molecule has 0 bridgehead atoms. The Morgan fingerprint density at radius 3 is 2.55 bits per heavy atom. The summed E-state index contributed by atoms with van der Waals surface area (Å²) in [5.74, 6) is 0.583. The van der Waals surface area contributed by atoms with E-state index in [1.807, 2.05) is 11.4 Å². The minimum Gasteiger partial charge on any atom is -0.493 e. The molecule has 1 aromatic heterocycles. The number of nitrogens with zero attached hydrogens (tertiary/aromatic N) is 1. The summed E-state index contributed by atoms with van der Waals surface area (Å²) in [5, 5.41) is 5.01. The summed E-state index contributed by atoms with van der Waals surface area (Å²) >= 11 is 1.69. The number of thiophene rings is 1. The van der Waals surface area contributed by atoms with Crippen LogP contribution in [0.15, 0.2) is 40.6 Å². The first-order chi connectivity index (χ1) is 14.9. The van der Waals surface area contributed by atoms with Crippen molar-refractivity contribution < 1.29 is 22.7 Å². The number of hydrogen-bond acceptors (Lipinski definition) is 7. The van der Waals surface area contributed by atoms with Gasteiger partial charge in [0.05, 0.1) is 25.2 Å². The van der Waals surface area contributed by atoms with Gasteiger partial charge in [0.2, 0.25) is 15.9 Å². The maximum atomic E-state index is 12.5. The van der Waals surface area contributed by atoms with Gasteiger partial charge < -0.3 is 14.8 Å². The van der Waals surface area contributed by atoms with Gasteiger partial charge in [-0.05, 0) is 49.5 Å². The van der Waals surface area contributed by atoms with Crippen molar-refractivity contribution >= 4 is 27.3 Å². The fraction of sp³-hybridized carbons (Fsp3) is 0.476. The first-order valence-corrected chi connectivity index (χ1v) is 12.6. The van der Waals surface area contributed by atoms with Gasteiger partial charge in [-0.3, -0.25) is 9.69 Å². The predicted octanol–water partition coefficient (Wildman–Crippen LogP) is 2.39. The molecule has 31 heavy (non-hydrogen) atoms. The standard InChI is InChI=1S/C21H29N3O5S2/c1-28-18-8-7-16(14-19(18)29-2)31(26,27)23-10-9-21(25)22-15-17(20-6-5-13-30-20)24-11-3-4-12-24/h5-8,13-14,17,23H,3-4,9-12,15H2,1-2H3,(H,22,25).